The van der Waals surface area contributed by atoms with E-state index in [2.05, 4.69) is 36.0 Å². The minimum absolute atomic E-state index is 0.159. The molecule has 2 heterocycles. The summed E-state index contributed by atoms with van der Waals surface area (Å²) < 4.78 is 5.83. The zero-order valence-corrected chi connectivity index (χ0v) is 12.3. The van der Waals surface area contributed by atoms with Crippen LogP contribution in [-0.2, 0) is 4.74 Å². The maximum atomic E-state index is 5.83. The molecule has 4 nitrogen and oxygen atoms in total. The Balaban J connectivity index is 2.00. The van der Waals surface area contributed by atoms with Crippen LogP contribution in [0.25, 0.3) is 0 Å². The number of morpholine rings is 1. The molecule has 0 spiro atoms. The van der Waals surface area contributed by atoms with Crippen LogP contribution >= 0.6 is 11.3 Å². The maximum absolute atomic E-state index is 5.83. The largest absolute Gasteiger partial charge is 0.368 e. The number of aromatic nitrogens is 1. The van der Waals surface area contributed by atoms with Gasteiger partial charge in [0.1, 0.15) is 11.1 Å². The quantitative estimate of drug-likeness (QED) is 0.889. The first-order chi connectivity index (χ1) is 8.74. The first-order valence-corrected chi connectivity index (χ1v) is 7.59. The van der Waals surface area contributed by atoms with Crippen LogP contribution in [0.5, 0.6) is 0 Å². The zero-order chi connectivity index (χ0) is 13.0. The van der Waals surface area contributed by atoms with Gasteiger partial charge in [0, 0.05) is 30.2 Å². The lowest BCUT2D eigenvalue weighted by Gasteiger charge is -2.30. The first kappa shape index (κ1) is 13.9. The van der Waals surface area contributed by atoms with E-state index in [0.29, 0.717) is 6.04 Å². The van der Waals surface area contributed by atoms with Crippen LogP contribution in [0.15, 0.2) is 6.20 Å². The SMILES string of the molecule is CCNC(C)c1cnc(C2CN(CC)CCO2)s1. The summed E-state index contributed by atoms with van der Waals surface area (Å²) in [5.41, 5.74) is 0. The summed E-state index contributed by atoms with van der Waals surface area (Å²) >= 11 is 1.77. The molecule has 0 radical (unpaired) electrons. The van der Waals surface area contributed by atoms with E-state index in [1.165, 1.54) is 4.88 Å². The standard InChI is InChI=1S/C13H23N3OS/c1-4-14-10(3)12-8-15-13(18-12)11-9-16(5-2)6-7-17-11/h8,10-11,14H,4-7,9H2,1-3H3. The summed E-state index contributed by atoms with van der Waals surface area (Å²) in [5, 5.41) is 4.54. The van der Waals surface area contributed by atoms with Crippen molar-refractivity contribution in [3.8, 4) is 0 Å². The number of likely N-dealkylation sites (N-methyl/N-ethyl adjacent to an activating group) is 1. The fraction of sp³-hybridized carbons (Fsp3) is 0.769. The highest BCUT2D eigenvalue weighted by atomic mass is 32.1. The van der Waals surface area contributed by atoms with E-state index in [-0.39, 0.29) is 6.10 Å². The molecule has 0 bridgehead atoms. The third kappa shape index (κ3) is 3.29. The Morgan fingerprint density at radius 2 is 2.44 bits per heavy atom. The summed E-state index contributed by atoms with van der Waals surface area (Å²) in [6.07, 6.45) is 2.15. The summed E-state index contributed by atoms with van der Waals surface area (Å²) in [7, 11) is 0. The maximum Gasteiger partial charge on any atom is 0.123 e. The summed E-state index contributed by atoms with van der Waals surface area (Å²) in [4.78, 5) is 8.25. The van der Waals surface area contributed by atoms with Gasteiger partial charge >= 0.3 is 0 Å². The highest BCUT2D eigenvalue weighted by Gasteiger charge is 2.24. The predicted octanol–water partition coefficient (Wildman–Crippen LogP) is 2.21. The third-order valence-corrected chi connectivity index (χ3v) is 4.62. The number of hydrogen-bond acceptors (Lipinski definition) is 5. The molecule has 1 aromatic rings. The van der Waals surface area contributed by atoms with E-state index in [0.717, 1.165) is 37.8 Å². The van der Waals surface area contributed by atoms with E-state index >= 15 is 0 Å². The second-order valence-electron chi connectivity index (χ2n) is 4.63. The van der Waals surface area contributed by atoms with Gasteiger partial charge in [-0.05, 0) is 20.0 Å². The molecule has 18 heavy (non-hydrogen) atoms. The second kappa shape index (κ2) is 6.61. The van der Waals surface area contributed by atoms with Gasteiger partial charge in [0.25, 0.3) is 0 Å². The van der Waals surface area contributed by atoms with Crippen molar-refractivity contribution in [1.29, 1.82) is 0 Å². The molecular weight excluding hydrogens is 246 g/mol. The van der Waals surface area contributed by atoms with Crippen LogP contribution in [0.1, 0.15) is 42.8 Å². The highest BCUT2D eigenvalue weighted by Crippen LogP contribution is 2.29. The van der Waals surface area contributed by atoms with Crippen molar-refractivity contribution in [2.75, 3.05) is 32.8 Å². The van der Waals surface area contributed by atoms with Crippen LogP contribution < -0.4 is 5.32 Å². The highest BCUT2D eigenvalue weighted by molar-refractivity contribution is 7.11. The van der Waals surface area contributed by atoms with E-state index in [1.807, 2.05) is 6.20 Å². The number of nitrogens with zero attached hydrogens (tertiary/aromatic N) is 2. The minimum Gasteiger partial charge on any atom is -0.368 e. The van der Waals surface area contributed by atoms with E-state index < -0.39 is 0 Å². The number of hydrogen-bond donors (Lipinski definition) is 1. The Bertz CT molecular complexity index is 369. The van der Waals surface area contributed by atoms with E-state index in [4.69, 9.17) is 4.74 Å². The predicted molar refractivity (Wildman–Crippen MR) is 75.0 cm³/mol. The molecule has 102 valence electrons. The molecule has 1 fully saturated rings. The average molecular weight is 269 g/mol. The molecule has 0 aromatic carbocycles. The average Bonchev–Trinajstić information content (AvgIpc) is 2.89. The molecule has 2 atom stereocenters. The van der Waals surface area contributed by atoms with Crippen LogP contribution in [0.3, 0.4) is 0 Å². The lowest BCUT2D eigenvalue weighted by Crippen LogP contribution is -2.37. The van der Waals surface area contributed by atoms with Crippen molar-refractivity contribution in [3.63, 3.8) is 0 Å². The van der Waals surface area contributed by atoms with Gasteiger partial charge in [-0.3, -0.25) is 4.90 Å². The Morgan fingerprint density at radius 1 is 1.61 bits per heavy atom. The number of rotatable bonds is 5. The van der Waals surface area contributed by atoms with Crippen LogP contribution in [0, 0.1) is 0 Å². The van der Waals surface area contributed by atoms with Crippen molar-refractivity contribution in [3.05, 3.63) is 16.1 Å². The van der Waals surface area contributed by atoms with Gasteiger partial charge < -0.3 is 10.1 Å². The molecule has 1 saturated heterocycles. The topological polar surface area (TPSA) is 37.4 Å². The Hall–Kier alpha value is -0.490. The second-order valence-corrected chi connectivity index (χ2v) is 5.73. The molecule has 2 rings (SSSR count). The number of nitrogens with one attached hydrogen (secondary N) is 1. The lowest BCUT2D eigenvalue weighted by atomic mass is 10.3. The lowest BCUT2D eigenvalue weighted by molar-refractivity contribution is -0.0282. The summed E-state index contributed by atoms with van der Waals surface area (Å²) in [6, 6.07) is 0.382. The number of ether oxygens (including phenoxy) is 1. The van der Waals surface area contributed by atoms with Crippen molar-refractivity contribution in [1.82, 2.24) is 15.2 Å². The first-order valence-electron chi connectivity index (χ1n) is 6.77. The fourth-order valence-electron chi connectivity index (χ4n) is 2.20. The van der Waals surface area contributed by atoms with E-state index in [1.54, 1.807) is 11.3 Å². The van der Waals surface area contributed by atoms with Gasteiger partial charge in [0.05, 0.1) is 6.61 Å². The van der Waals surface area contributed by atoms with Crippen molar-refractivity contribution in [2.24, 2.45) is 0 Å². The minimum atomic E-state index is 0.159. The Kier molecular flexibility index (Phi) is 5.12. The van der Waals surface area contributed by atoms with Crippen LogP contribution in [0.2, 0.25) is 0 Å². The van der Waals surface area contributed by atoms with Crippen molar-refractivity contribution in [2.45, 2.75) is 32.9 Å². The zero-order valence-electron chi connectivity index (χ0n) is 11.5. The van der Waals surface area contributed by atoms with Crippen molar-refractivity contribution < 1.29 is 4.74 Å². The van der Waals surface area contributed by atoms with Gasteiger partial charge in [-0.1, -0.05) is 13.8 Å². The van der Waals surface area contributed by atoms with Crippen LogP contribution in [-0.4, -0.2) is 42.7 Å². The van der Waals surface area contributed by atoms with Crippen molar-refractivity contribution >= 4 is 11.3 Å². The summed E-state index contributed by atoms with van der Waals surface area (Å²) in [6.45, 7) is 11.4. The van der Waals surface area contributed by atoms with E-state index in [9.17, 15) is 0 Å². The smallest absolute Gasteiger partial charge is 0.123 e. The molecule has 1 N–H and O–H groups in total. The Morgan fingerprint density at radius 3 is 3.17 bits per heavy atom. The fourth-order valence-corrected chi connectivity index (χ4v) is 3.18. The normalized spacial score (nSPS) is 23.2. The van der Waals surface area contributed by atoms with Gasteiger partial charge in [-0.2, -0.15) is 0 Å². The summed E-state index contributed by atoms with van der Waals surface area (Å²) in [5.74, 6) is 0. The third-order valence-electron chi connectivity index (χ3n) is 3.35. The van der Waals surface area contributed by atoms with Gasteiger partial charge in [-0.25, -0.2) is 4.98 Å². The molecule has 0 aliphatic carbocycles. The molecule has 1 aliphatic rings. The molecule has 1 aliphatic heterocycles. The molecule has 1 aromatic heterocycles. The molecule has 0 saturated carbocycles. The Labute approximate surface area is 113 Å². The van der Waals surface area contributed by atoms with Gasteiger partial charge in [-0.15, -0.1) is 11.3 Å². The van der Waals surface area contributed by atoms with Gasteiger partial charge in [0.15, 0.2) is 0 Å². The van der Waals surface area contributed by atoms with Gasteiger partial charge in [0.2, 0.25) is 0 Å². The monoisotopic (exact) mass is 269 g/mol. The molecule has 0 amide bonds. The van der Waals surface area contributed by atoms with Crippen LogP contribution in [0.4, 0.5) is 0 Å². The molecular formula is C13H23N3OS. The number of thiazole rings is 1. The molecule has 2 unspecified atom stereocenters. The molecule has 5 heteroatoms.